The van der Waals surface area contributed by atoms with Gasteiger partial charge in [-0.3, -0.25) is 14.9 Å². The van der Waals surface area contributed by atoms with Crippen LogP contribution >= 0.6 is 0 Å². The third-order valence-electron chi connectivity index (χ3n) is 4.35. The van der Waals surface area contributed by atoms with Crippen LogP contribution in [-0.2, 0) is 14.3 Å². The molecule has 1 N–H and O–H groups in total. The van der Waals surface area contributed by atoms with Crippen molar-refractivity contribution in [1.82, 2.24) is 5.32 Å². The van der Waals surface area contributed by atoms with Crippen molar-refractivity contribution in [3.8, 4) is 0 Å². The lowest BCUT2D eigenvalue weighted by Crippen LogP contribution is -2.47. The molecule has 2 fully saturated rings. The van der Waals surface area contributed by atoms with E-state index in [1.807, 2.05) is 30.3 Å². The first-order valence-corrected chi connectivity index (χ1v) is 7.22. The second-order valence-corrected chi connectivity index (χ2v) is 5.65. The monoisotopic (exact) mass is 273 g/mol. The molecule has 3 atom stereocenters. The number of nitrogens with one attached hydrogen (secondary N) is 1. The average Bonchev–Trinajstić information content (AvgIpc) is 2.48. The highest BCUT2D eigenvalue weighted by Gasteiger charge is 2.41. The molecule has 0 radical (unpaired) electrons. The molecule has 2 saturated heterocycles. The van der Waals surface area contributed by atoms with Crippen molar-refractivity contribution in [2.24, 2.45) is 11.8 Å². The average molecular weight is 273 g/mol. The smallest absolute Gasteiger partial charge is 0.234 e. The molecule has 2 heterocycles. The van der Waals surface area contributed by atoms with Gasteiger partial charge in [0, 0.05) is 19.6 Å². The van der Waals surface area contributed by atoms with Crippen LogP contribution in [0.1, 0.15) is 30.7 Å². The maximum Gasteiger partial charge on any atom is 0.234 e. The summed E-state index contributed by atoms with van der Waals surface area (Å²) in [6, 6.07) is 9.75. The molecular weight excluding hydrogens is 254 g/mol. The minimum Gasteiger partial charge on any atom is -0.381 e. The van der Waals surface area contributed by atoms with Crippen LogP contribution in [0.3, 0.4) is 0 Å². The summed E-state index contributed by atoms with van der Waals surface area (Å²) < 4.78 is 5.55. The van der Waals surface area contributed by atoms with Crippen LogP contribution in [0.4, 0.5) is 0 Å². The zero-order valence-corrected chi connectivity index (χ0v) is 11.4. The van der Waals surface area contributed by atoms with E-state index in [1.54, 1.807) is 0 Å². The molecule has 0 aromatic heterocycles. The van der Waals surface area contributed by atoms with Crippen molar-refractivity contribution in [3.05, 3.63) is 35.9 Å². The van der Waals surface area contributed by atoms with Crippen LogP contribution in [0.25, 0.3) is 0 Å². The number of hydrogen-bond acceptors (Lipinski definition) is 3. The van der Waals surface area contributed by atoms with Crippen molar-refractivity contribution >= 4 is 11.8 Å². The Morgan fingerprint density at radius 2 is 1.95 bits per heavy atom. The molecular formula is C16H19NO3. The Morgan fingerprint density at radius 1 is 1.15 bits per heavy atom. The van der Waals surface area contributed by atoms with E-state index in [9.17, 15) is 9.59 Å². The van der Waals surface area contributed by atoms with Gasteiger partial charge in [0.25, 0.3) is 0 Å². The third-order valence-corrected chi connectivity index (χ3v) is 4.35. The van der Waals surface area contributed by atoms with Gasteiger partial charge in [-0.1, -0.05) is 30.3 Å². The highest BCUT2D eigenvalue weighted by atomic mass is 16.5. The largest absolute Gasteiger partial charge is 0.381 e. The fourth-order valence-corrected chi connectivity index (χ4v) is 3.39. The third kappa shape index (κ3) is 2.61. The lowest BCUT2D eigenvalue weighted by atomic mass is 9.72. The molecule has 3 unspecified atom stereocenters. The Bertz CT molecular complexity index is 494. The Hall–Kier alpha value is -1.68. The van der Waals surface area contributed by atoms with Gasteiger partial charge in [-0.2, -0.15) is 0 Å². The summed E-state index contributed by atoms with van der Waals surface area (Å²) >= 11 is 0. The fraction of sp³-hybridized carbons (Fsp3) is 0.500. The molecule has 106 valence electrons. The quantitative estimate of drug-likeness (QED) is 0.837. The summed E-state index contributed by atoms with van der Waals surface area (Å²) in [6.45, 7) is 1.45. The van der Waals surface area contributed by atoms with E-state index in [2.05, 4.69) is 5.32 Å². The van der Waals surface area contributed by atoms with Gasteiger partial charge in [0.1, 0.15) is 0 Å². The number of piperidine rings is 1. The summed E-state index contributed by atoms with van der Waals surface area (Å²) in [5.74, 6) is -0.204. The van der Waals surface area contributed by atoms with E-state index in [1.165, 1.54) is 0 Å². The highest BCUT2D eigenvalue weighted by Crippen LogP contribution is 2.38. The first kappa shape index (κ1) is 13.3. The van der Waals surface area contributed by atoms with Gasteiger partial charge in [-0.05, 0) is 30.2 Å². The minimum absolute atomic E-state index is 0.0546. The molecule has 0 bridgehead atoms. The summed E-state index contributed by atoms with van der Waals surface area (Å²) in [6.07, 6.45) is 2.46. The Kier molecular flexibility index (Phi) is 3.83. The molecule has 4 heteroatoms. The lowest BCUT2D eigenvalue weighted by Gasteiger charge is -2.37. The topological polar surface area (TPSA) is 55.4 Å². The highest BCUT2D eigenvalue weighted by molar-refractivity contribution is 6.01. The molecule has 1 aromatic carbocycles. The zero-order chi connectivity index (χ0) is 13.9. The maximum atomic E-state index is 12.3. The second-order valence-electron chi connectivity index (χ2n) is 5.65. The van der Waals surface area contributed by atoms with Crippen molar-refractivity contribution in [2.75, 3.05) is 13.2 Å². The molecule has 2 amide bonds. The van der Waals surface area contributed by atoms with E-state index in [0.717, 1.165) is 25.0 Å². The summed E-state index contributed by atoms with van der Waals surface area (Å²) in [5.41, 5.74) is 0.994. The predicted octanol–water partition coefficient (Wildman–Crippen LogP) is 1.86. The molecule has 2 aliphatic rings. The Morgan fingerprint density at radius 3 is 2.65 bits per heavy atom. The van der Waals surface area contributed by atoms with Crippen LogP contribution in [0, 0.1) is 11.8 Å². The molecule has 3 rings (SSSR count). The van der Waals surface area contributed by atoms with Crippen LogP contribution in [-0.4, -0.2) is 25.0 Å². The molecule has 0 saturated carbocycles. The van der Waals surface area contributed by atoms with Crippen LogP contribution < -0.4 is 5.32 Å². The zero-order valence-electron chi connectivity index (χ0n) is 11.4. The normalized spacial score (nSPS) is 30.9. The van der Waals surface area contributed by atoms with Crippen LogP contribution in [0.2, 0.25) is 0 Å². The summed E-state index contributed by atoms with van der Waals surface area (Å²) in [5, 5.41) is 2.48. The maximum absolute atomic E-state index is 12.3. The summed E-state index contributed by atoms with van der Waals surface area (Å²) in [7, 11) is 0. The minimum atomic E-state index is -0.236. The molecule has 20 heavy (non-hydrogen) atoms. The SMILES string of the molecule is O=C1CC(C2CCCOC2)C(c2ccccc2)C(=O)N1. The van der Waals surface area contributed by atoms with Gasteiger partial charge < -0.3 is 4.74 Å². The van der Waals surface area contributed by atoms with Gasteiger partial charge in [0.15, 0.2) is 0 Å². The number of carbonyl (C=O) groups is 2. The standard InChI is InChI=1S/C16H19NO3/c18-14-9-13(12-7-4-8-20-10-12)15(16(19)17-14)11-5-2-1-3-6-11/h1-3,5-6,12-13,15H,4,7-10H2,(H,17,18,19). The van der Waals surface area contributed by atoms with Crippen molar-refractivity contribution < 1.29 is 14.3 Å². The predicted molar refractivity (Wildman–Crippen MR) is 74.0 cm³/mol. The lowest BCUT2D eigenvalue weighted by molar-refractivity contribution is -0.138. The number of benzene rings is 1. The number of carbonyl (C=O) groups excluding carboxylic acids is 2. The van der Waals surface area contributed by atoms with E-state index >= 15 is 0 Å². The Labute approximate surface area is 118 Å². The van der Waals surface area contributed by atoms with E-state index in [4.69, 9.17) is 4.74 Å². The van der Waals surface area contributed by atoms with Crippen LogP contribution in [0.15, 0.2) is 30.3 Å². The number of amides is 2. The molecule has 1 aromatic rings. The van der Waals surface area contributed by atoms with Gasteiger partial charge >= 0.3 is 0 Å². The Balaban J connectivity index is 1.89. The van der Waals surface area contributed by atoms with Gasteiger partial charge in [0.05, 0.1) is 5.92 Å². The fourth-order valence-electron chi connectivity index (χ4n) is 3.39. The van der Waals surface area contributed by atoms with Gasteiger partial charge in [0.2, 0.25) is 11.8 Å². The summed E-state index contributed by atoms with van der Waals surface area (Å²) in [4.78, 5) is 24.0. The number of ether oxygens (including phenoxy) is 1. The molecule has 0 spiro atoms. The number of rotatable bonds is 2. The van der Waals surface area contributed by atoms with E-state index in [0.29, 0.717) is 18.9 Å². The van der Waals surface area contributed by atoms with Crippen LogP contribution in [0.5, 0.6) is 0 Å². The van der Waals surface area contributed by atoms with Gasteiger partial charge in [-0.25, -0.2) is 0 Å². The number of imide groups is 1. The first-order valence-electron chi connectivity index (χ1n) is 7.22. The van der Waals surface area contributed by atoms with E-state index < -0.39 is 0 Å². The molecule has 0 aliphatic carbocycles. The van der Waals surface area contributed by atoms with E-state index in [-0.39, 0.29) is 23.7 Å². The number of hydrogen-bond donors (Lipinski definition) is 1. The molecule has 4 nitrogen and oxygen atoms in total. The second kappa shape index (κ2) is 5.75. The van der Waals surface area contributed by atoms with Gasteiger partial charge in [-0.15, -0.1) is 0 Å². The van der Waals surface area contributed by atoms with Crippen molar-refractivity contribution in [1.29, 1.82) is 0 Å². The van der Waals surface area contributed by atoms with Crippen molar-refractivity contribution in [3.63, 3.8) is 0 Å². The first-order chi connectivity index (χ1) is 9.75. The van der Waals surface area contributed by atoms with Crippen molar-refractivity contribution in [2.45, 2.75) is 25.2 Å². The molecule has 2 aliphatic heterocycles.